The number of nitrogens with zero attached hydrogens (tertiary/aromatic N) is 1. The third-order valence-electron chi connectivity index (χ3n) is 5.04. The Labute approximate surface area is 226 Å². The normalized spacial score (nSPS) is 10.8. The van der Waals surface area contributed by atoms with Gasteiger partial charge in [-0.3, -0.25) is 9.59 Å². The fourth-order valence-electron chi connectivity index (χ4n) is 3.11. The lowest BCUT2D eigenvalue weighted by Crippen LogP contribution is -2.21. The zero-order valence-electron chi connectivity index (χ0n) is 19.5. The van der Waals surface area contributed by atoms with E-state index in [1.165, 1.54) is 6.21 Å². The van der Waals surface area contributed by atoms with Crippen LogP contribution in [0.4, 0.5) is 5.69 Å². The third kappa shape index (κ3) is 7.53. The summed E-state index contributed by atoms with van der Waals surface area (Å²) in [5, 5.41) is 6.94. The molecule has 0 radical (unpaired) electrons. The first-order valence-electron chi connectivity index (χ1n) is 10.8. The molecular formula is C26H25BrIN3O4. The van der Waals surface area contributed by atoms with Gasteiger partial charge in [-0.1, -0.05) is 28.1 Å². The van der Waals surface area contributed by atoms with Gasteiger partial charge in [-0.25, -0.2) is 5.43 Å². The smallest absolute Gasteiger partial charge is 0.271 e. The Bertz CT molecular complexity index is 1250. The van der Waals surface area contributed by atoms with Gasteiger partial charge in [-0.15, -0.1) is 0 Å². The van der Waals surface area contributed by atoms with E-state index in [2.05, 4.69) is 54.4 Å². The first-order chi connectivity index (χ1) is 16.8. The number of carbonyl (C=O) groups excluding carboxylic acids is 2. The minimum atomic E-state index is -0.316. The maximum absolute atomic E-state index is 12.5. The van der Waals surface area contributed by atoms with Crippen LogP contribution in [0, 0.1) is 17.4 Å². The number of anilines is 1. The highest BCUT2D eigenvalue weighted by Gasteiger charge is 2.15. The second-order valence-electron chi connectivity index (χ2n) is 7.55. The Morgan fingerprint density at radius 2 is 1.83 bits per heavy atom. The number of aryl methyl sites for hydroxylation is 1. The van der Waals surface area contributed by atoms with Gasteiger partial charge in [0, 0.05) is 15.7 Å². The Kier molecular flexibility index (Phi) is 9.67. The summed E-state index contributed by atoms with van der Waals surface area (Å²) >= 11 is 5.46. The van der Waals surface area contributed by atoms with E-state index in [-0.39, 0.29) is 18.4 Å². The van der Waals surface area contributed by atoms with E-state index in [1.807, 2.05) is 45.0 Å². The van der Waals surface area contributed by atoms with Crippen LogP contribution < -0.4 is 20.2 Å². The van der Waals surface area contributed by atoms with Crippen molar-refractivity contribution in [2.75, 3.05) is 18.5 Å². The molecule has 0 unspecified atom stereocenters. The number of nitrogens with one attached hydrogen (secondary N) is 2. The molecule has 0 aromatic heterocycles. The maximum atomic E-state index is 12.5. The van der Waals surface area contributed by atoms with Crippen LogP contribution >= 0.6 is 38.5 Å². The van der Waals surface area contributed by atoms with E-state index < -0.39 is 0 Å². The Morgan fingerprint density at radius 3 is 2.54 bits per heavy atom. The molecule has 0 aliphatic carbocycles. The van der Waals surface area contributed by atoms with Crippen LogP contribution in [0.2, 0.25) is 0 Å². The summed E-state index contributed by atoms with van der Waals surface area (Å²) in [6.07, 6.45) is 1.53. The lowest BCUT2D eigenvalue weighted by atomic mass is 10.1. The Balaban J connectivity index is 1.67. The minimum absolute atomic E-state index is 0.167. The van der Waals surface area contributed by atoms with Crippen molar-refractivity contribution in [1.29, 1.82) is 0 Å². The van der Waals surface area contributed by atoms with Crippen LogP contribution in [0.25, 0.3) is 0 Å². The molecule has 7 nitrogen and oxygen atoms in total. The molecule has 0 atom stereocenters. The molecule has 0 saturated heterocycles. The second kappa shape index (κ2) is 12.7. The number of ether oxygens (including phenoxy) is 2. The van der Waals surface area contributed by atoms with E-state index in [0.29, 0.717) is 29.2 Å². The van der Waals surface area contributed by atoms with Crippen LogP contribution in [0.3, 0.4) is 0 Å². The van der Waals surface area contributed by atoms with Crippen molar-refractivity contribution in [1.82, 2.24) is 5.43 Å². The number of amides is 2. The summed E-state index contributed by atoms with van der Waals surface area (Å²) in [6.45, 7) is 6.07. The second-order valence-corrected chi connectivity index (χ2v) is 9.63. The van der Waals surface area contributed by atoms with Crippen molar-refractivity contribution in [2.45, 2.75) is 20.8 Å². The standard InChI is InChI=1S/C26H25BrIN3O4/c1-4-34-23-13-18(14-29-31-26(33)19-8-10-20(27)11-9-19)12-21(28)25(23)35-15-24(32)30-22-7-5-6-16(2)17(22)3/h5-14H,4,15H2,1-3H3,(H,30,32)(H,31,33)/b29-14+. The molecule has 3 rings (SSSR count). The van der Waals surface area contributed by atoms with Crippen molar-refractivity contribution in [3.8, 4) is 11.5 Å². The van der Waals surface area contributed by atoms with Crippen LogP contribution in [0.5, 0.6) is 11.5 Å². The number of hydrogen-bond acceptors (Lipinski definition) is 5. The van der Waals surface area contributed by atoms with E-state index in [1.54, 1.807) is 30.3 Å². The zero-order valence-corrected chi connectivity index (χ0v) is 23.3. The van der Waals surface area contributed by atoms with Gasteiger partial charge >= 0.3 is 0 Å². The fourth-order valence-corrected chi connectivity index (χ4v) is 4.15. The van der Waals surface area contributed by atoms with Gasteiger partial charge in [-0.2, -0.15) is 5.10 Å². The number of hydrogen-bond donors (Lipinski definition) is 2. The number of carbonyl (C=O) groups is 2. The molecule has 35 heavy (non-hydrogen) atoms. The fraction of sp³-hybridized carbons (Fsp3) is 0.192. The van der Waals surface area contributed by atoms with Crippen molar-refractivity contribution in [3.63, 3.8) is 0 Å². The van der Waals surface area contributed by atoms with Crippen LogP contribution in [0.1, 0.15) is 34.0 Å². The van der Waals surface area contributed by atoms with E-state index in [9.17, 15) is 9.59 Å². The molecule has 0 bridgehead atoms. The Morgan fingerprint density at radius 1 is 1.09 bits per heavy atom. The number of rotatable bonds is 9. The first kappa shape index (κ1) is 26.7. The molecular weight excluding hydrogens is 625 g/mol. The molecule has 0 spiro atoms. The van der Waals surface area contributed by atoms with Gasteiger partial charge in [0.1, 0.15) is 0 Å². The summed E-state index contributed by atoms with van der Waals surface area (Å²) in [4.78, 5) is 24.7. The van der Waals surface area contributed by atoms with E-state index in [4.69, 9.17) is 9.47 Å². The average Bonchev–Trinajstić information content (AvgIpc) is 2.82. The van der Waals surface area contributed by atoms with Gasteiger partial charge < -0.3 is 14.8 Å². The van der Waals surface area contributed by atoms with E-state index >= 15 is 0 Å². The number of hydrazone groups is 1. The van der Waals surface area contributed by atoms with Crippen LogP contribution in [-0.4, -0.2) is 31.2 Å². The van der Waals surface area contributed by atoms with Crippen molar-refractivity contribution in [3.05, 3.63) is 84.9 Å². The van der Waals surface area contributed by atoms with Gasteiger partial charge in [-0.05, 0) is 103 Å². The molecule has 0 fully saturated rings. The van der Waals surface area contributed by atoms with Crippen LogP contribution in [-0.2, 0) is 4.79 Å². The van der Waals surface area contributed by atoms with Gasteiger partial charge in [0.25, 0.3) is 11.8 Å². The molecule has 0 saturated carbocycles. The summed E-state index contributed by atoms with van der Waals surface area (Å²) in [5.74, 6) is 0.376. The van der Waals surface area contributed by atoms with Crippen molar-refractivity contribution >= 4 is 62.2 Å². The third-order valence-corrected chi connectivity index (χ3v) is 6.37. The van der Waals surface area contributed by atoms with Gasteiger partial charge in [0.05, 0.1) is 16.4 Å². The molecule has 3 aromatic rings. The molecule has 0 aliphatic rings. The molecule has 2 N–H and O–H groups in total. The molecule has 3 aromatic carbocycles. The quantitative estimate of drug-likeness (QED) is 0.173. The first-order valence-corrected chi connectivity index (χ1v) is 12.7. The highest BCUT2D eigenvalue weighted by Crippen LogP contribution is 2.34. The lowest BCUT2D eigenvalue weighted by molar-refractivity contribution is -0.118. The van der Waals surface area contributed by atoms with Gasteiger partial charge in [0.15, 0.2) is 18.1 Å². The van der Waals surface area contributed by atoms with E-state index in [0.717, 1.165) is 24.9 Å². The SMILES string of the molecule is CCOc1cc(/C=N/NC(=O)c2ccc(Br)cc2)cc(I)c1OCC(=O)Nc1cccc(C)c1C. The predicted octanol–water partition coefficient (Wildman–Crippen LogP) is 5.85. The molecule has 2 amide bonds. The number of benzene rings is 3. The summed E-state index contributed by atoms with van der Waals surface area (Å²) < 4.78 is 13.2. The van der Waals surface area contributed by atoms with Gasteiger partial charge in [0.2, 0.25) is 0 Å². The van der Waals surface area contributed by atoms with Crippen LogP contribution in [0.15, 0.2) is 64.2 Å². The monoisotopic (exact) mass is 649 g/mol. The average molecular weight is 650 g/mol. The summed E-state index contributed by atoms with van der Waals surface area (Å²) in [6, 6.07) is 16.3. The Hall–Kier alpha value is -2.92. The molecule has 0 heterocycles. The van der Waals surface area contributed by atoms with Crippen molar-refractivity contribution in [2.24, 2.45) is 5.10 Å². The summed E-state index contributed by atoms with van der Waals surface area (Å²) in [5.41, 5.74) is 6.59. The highest BCUT2D eigenvalue weighted by molar-refractivity contribution is 14.1. The van der Waals surface area contributed by atoms with Crippen molar-refractivity contribution < 1.29 is 19.1 Å². The maximum Gasteiger partial charge on any atom is 0.271 e. The predicted molar refractivity (Wildman–Crippen MR) is 150 cm³/mol. The zero-order chi connectivity index (χ0) is 25.4. The summed E-state index contributed by atoms with van der Waals surface area (Å²) in [7, 11) is 0. The number of halogens is 2. The largest absolute Gasteiger partial charge is 0.490 e. The topological polar surface area (TPSA) is 89.0 Å². The minimum Gasteiger partial charge on any atom is -0.490 e. The lowest BCUT2D eigenvalue weighted by Gasteiger charge is -2.15. The highest BCUT2D eigenvalue weighted by atomic mass is 127. The molecule has 9 heteroatoms. The molecule has 0 aliphatic heterocycles. The molecule has 182 valence electrons.